The fraction of sp³-hybridized carbons (Fsp3) is 0.158. The maximum atomic E-state index is 6.15. The minimum atomic E-state index is 0.463. The minimum absolute atomic E-state index is 0.463. The Bertz CT molecular complexity index is 928. The van der Waals surface area contributed by atoms with Gasteiger partial charge in [-0.15, -0.1) is 0 Å². The van der Waals surface area contributed by atoms with E-state index in [0.29, 0.717) is 5.92 Å². The van der Waals surface area contributed by atoms with Crippen molar-refractivity contribution in [2.45, 2.75) is 19.8 Å². The molecule has 4 aromatic rings. The molecule has 1 nitrogen and oxygen atoms in total. The standard InChI is InChI=1S/C19H16O/c1-12(2)14-8-5-9-16-18-15-7-4-3-6-13(15)10-11-17(18)20-19(14)16/h3-12H,1-2H3. The minimum Gasteiger partial charge on any atom is -0.456 e. The van der Waals surface area contributed by atoms with Crippen LogP contribution in [0.25, 0.3) is 32.7 Å². The van der Waals surface area contributed by atoms with Crippen LogP contribution in [0, 0.1) is 0 Å². The lowest BCUT2D eigenvalue weighted by atomic mass is 9.98. The number of furan rings is 1. The van der Waals surface area contributed by atoms with Gasteiger partial charge in [0, 0.05) is 10.8 Å². The lowest BCUT2D eigenvalue weighted by molar-refractivity contribution is 0.657. The van der Waals surface area contributed by atoms with Gasteiger partial charge in [0.15, 0.2) is 0 Å². The maximum absolute atomic E-state index is 6.15. The van der Waals surface area contributed by atoms with Gasteiger partial charge in [0.05, 0.1) is 0 Å². The Morgan fingerprint density at radius 3 is 2.45 bits per heavy atom. The van der Waals surface area contributed by atoms with Gasteiger partial charge in [0.25, 0.3) is 0 Å². The maximum Gasteiger partial charge on any atom is 0.138 e. The highest BCUT2D eigenvalue weighted by Crippen LogP contribution is 2.37. The first-order valence-electron chi connectivity index (χ1n) is 7.08. The molecule has 0 bridgehead atoms. The van der Waals surface area contributed by atoms with Crippen LogP contribution >= 0.6 is 0 Å². The summed E-state index contributed by atoms with van der Waals surface area (Å²) in [5, 5.41) is 4.99. The third-order valence-corrected chi connectivity index (χ3v) is 4.04. The van der Waals surface area contributed by atoms with E-state index in [0.717, 1.165) is 11.2 Å². The van der Waals surface area contributed by atoms with Crippen LogP contribution in [0.15, 0.2) is 59.0 Å². The zero-order valence-electron chi connectivity index (χ0n) is 11.7. The molecule has 3 aromatic carbocycles. The van der Waals surface area contributed by atoms with Crippen LogP contribution in [0.4, 0.5) is 0 Å². The summed E-state index contributed by atoms with van der Waals surface area (Å²) in [6.07, 6.45) is 0. The Morgan fingerprint density at radius 2 is 1.60 bits per heavy atom. The summed E-state index contributed by atoms with van der Waals surface area (Å²) in [4.78, 5) is 0. The fourth-order valence-electron chi connectivity index (χ4n) is 3.04. The van der Waals surface area contributed by atoms with E-state index in [1.165, 1.54) is 27.1 Å². The molecule has 0 unspecified atom stereocenters. The van der Waals surface area contributed by atoms with Crippen molar-refractivity contribution in [1.29, 1.82) is 0 Å². The van der Waals surface area contributed by atoms with Gasteiger partial charge in [-0.1, -0.05) is 62.4 Å². The lowest BCUT2D eigenvalue weighted by Gasteiger charge is -2.04. The molecule has 0 atom stereocenters. The number of fused-ring (bicyclic) bond motifs is 5. The first-order valence-corrected chi connectivity index (χ1v) is 7.08. The SMILES string of the molecule is CC(C)c1cccc2c1oc1ccc3ccccc3c12. The van der Waals surface area contributed by atoms with Gasteiger partial charge in [-0.3, -0.25) is 0 Å². The Labute approximate surface area is 117 Å². The third-order valence-electron chi connectivity index (χ3n) is 4.04. The molecule has 0 spiro atoms. The smallest absolute Gasteiger partial charge is 0.138 e. The highest BCUT2D eigenvalue weighted by molar-refractivity contribution is 6.19. The van der Waals surface area contributed by atoms with Crippen molar-refractivity contribution in [3.63, 3.8) is 0 Å². The molecule has 0 N–H and O–H groups in total. The van der Waals surface area contributed by atoms with Crippen molar-refractivity contribution < 1.29 is 4.42 Å². The quantitative estimate of drug-likeness (QED) is 0.417. The average Bonchev–Trinajstić information content (AvgIpc) is 2.85. The number of hydrogen-bond acceptors (Lipinski definition) is 1. The molecule has 0 saturated carbocycles. The molecule has 1 heteroatoms. The summed E-state index contributed by atoms with van der Waals surface area (Å²) in [5.74, 6) is 0.463. The third kappa shape index (κ3) is 1.50. The molecule has 20 heavy (non-hydrogen) atoms. The van der Waals surface area contributed by atoms with Crippen LogP contribution in [-0.4, -0.2) is 0 Å². The fourth-order valence-corrected chi connectivity index (χ4v) is 3.04. The van der Waals surface area contributed by atoms with Crippen molar-refractivity contribution in [2.24, 2.45) is 0 Å². The summed E-state index contributed by atoms with van der Waals surface area (Å²) in [6.45, 7) is 4.42. The van der Waals surface area contributed by atoms with Crippen molar-refractivity contribution in [2.75, 3.05) is 0 Å². The largest absolute Gasteiger partial charge is 0.456 e. The van der Waals surface area contributed by atoms with E-state index >= 15 is 0 Å². The Hall–Kier alpha value is -2.28. The van der Waals surface area contributed by atoms with Gasteiger partial charge < -0.3 is 4.42 Å². The zero-order valence-corrected chi connectivity index (χ0v) is 11.7. The van der Waals surface area contributed by atoms with Gasteiger partial charge in [0.1, 0.15) is 11.2 Å². The van der Waals surface area contributed by atoms with Gasteiger partial charge in [-0.05, 0) is 28.3 Å². The predicted octanol–water partition coefficient (Wildman–Crippen LogP) is 5.86. The molecule has 1 aromatic heterocycles. The molecule has 0 radical (unpaired) electrons. The topological polar surface area (TPSA) is 13.1 Å². The van der Waals surface area contributed by atoms with Crippen molar-refractivity contribution in [3.8, 4) is 0 Å². The van der Waals surface area contributed by atoms with E-state index in [9.17, 15) is 0 Å². The average molecular weight is 260 g/mol. The van der Waals surface area contributed by atoms with Gasteiger partial charge in [0.2, 0.25) is 0 Å². The molecule has 0 amide bonds. The summed E-state index contributed by atoms with van der Waals surface area (Å²) < 4.78 is 6.15. The van der Waals surface area contributed by atoms with E-state index < -0.39 is 0 Å². The monoisotopic (exact) mass is 260 g/mol. The number of rotatable bonds is 1. The second kappa shape index (κ2) is 4.11. The molecule has 0 aliphatic heterocycles. The first-order chi connectivity index (χ1) is 9.75. The molecule has 0 fully saturated rings. The zero-order chi connectivity index (χ0) is 13.7. The van der Waals surface area contributed by atoms with Crippen LogP contribution in [0.3, 0.4) is 0 Å². The van der Waals surface area contributed by atoms with E-state index in [1.807, 2.05) is 0 Å². The molecule has 98 valence electrons. The van der Waals surface area contributed by atoms with E-state index in [4.69, 9.17) is 4.42 Å². The molecule has 0 aliphatic rings. The summed E-state index contributed by atoms with van der Waals surface area (Å²) in [5.41, 5.74) is 3.29. The van der Waals surface area contributed by atoms with Gasteiger partial charge in [-0.2, -0.15) is 0 Å². The second-order valence-electron chi connectivity index (χ2n) is 5.64. The molecule has 1 heterocycles. The molecule has 0 saturated heterocycles. The second-order valence-corrected chi connectivity index (χ2v) is 5.64. The first kappa shape index (κ1) is 11.5. The van der Waals surface area contributed by atoms with Crippen LogP contribution in [-0.2, 0) is 0 Å². The molecular formula is C19H16O. The number of benzene rings is 3. The van der Waals surface area contributed by atoms with Crippen molar-refractivity contribution in [1.82, 2.24) is 0 Å². The molecule has 0 aliphatic carbocycles. The predicted molar refractivity (Wildman–Crippen MR) is 85.3 cm³/mol. The Kier molecular flexibility index (Phi) is 2.37. The van der Waals surface area contributed by atoms with Crippen molar-refractivity contribution >= 4 is 32.7 Å². The van der Waals surface area contributed by atoms with E-state index in [2.05, 4.69) is 68.4 Å². The van der Waals surface area contributed by atoms with Crippen LogP contribution in [0.2, 0.25) is 0 Å². The van der Waals surface area contributed by atoms with Gasteiger partial charge in [-0.25, -0.2) is 0 Å². The highest BCUT2D eigenvalue weighted by atomic mass is 16.3. The van der Waals surface area contributed by atoms with Gasteiger partial charge >= 0.3 is 0 Å². The molecule has 4 rings (SSSR count). The Balaban J connectivity index is 2.26. The summed E-state index contributed by atoms with van der Waals surface area (Å²) >= 11 is 0. The normalized spacial score (nSPS) is 11.9. The van der Waals surface area contributed by atoms with Crippen LogP contribution in [0.1, 0.15) is 25.3 Å². The number of para-hydroxylation sites is 1. The van der Waals surface area contributed by atoms with E-state index in [1.54, 1.807) is 0 Å². The van der Waals surface area contributed by atoms with Crippen LogP contribution < -0.4 is 0 Å². The summed E-state index contributed by atoms with van der Waals surface area (Å²) in [7, 11) is 0. The Morgan fingerprint density at radius 1 is 0.800 bits per heavy atom. The number of hydrogen-bond donors (Lipinski definition) is 0. The van der Waals surface area contributed by atoms with E-state index in [-0.39, 0.29) is 0 Å². The summed E-state index contributed by atoms with van der Waals surface area (Å²) in [6, 6.07) is 19.2. The highest BCUT2D eigenvalue weighted by Gasteiger charge is 2.14. The molecular weight excluding hydrogens is 244 g/mol. The lowest BCUT2D eigenvalue weighted by Crippen LogP contribution is -1.86. The van der Waals surface area contributed by atoms with Crippen molar-refractivity contribution in [3.05, 3.63) is 60.2 Å². The van der Waals surface area contributed by atoms with Crippen LogP contribution in [0.5, 0.6) is 0 Å².